The number of piperazine rings is 1. The largest absolute Gasteiger partial charge is 0.434 e. The molecule has 0 spiro atoms. The van der Waals surface area contributed by atoms with Crippen LogP contribution in [0.1, 0.15) is 39.5 Å². The molecule has 2 fully saturated rings. The van der Waals surface area contributed by atoms with Crippen molar-refractivity contribution in [3.05, 3.63) is 36.4 Å². The molecule has 3 nitrogen and oxygen atoms in total. The molecular formula is C21H26F2N2O. The SMILES string of the molecule is CC1(C)CN(c2ccc(OC(F)F)c3ccccc23)[C@@H]2CCCC[C@H]2N1. The van der Waals surface area contributed by atoms with Gasteiger partial charge in [-0.05, 0) is 38.8 Å². The summed E-state index contributed by atoms with van der Waals surface area (Å²) in [6, 6.07) is 12.3. The van der Waals surface area contributed by atoms with E-state index < -0.39 is 6.61 Å². The fourth-order valence-corrected chi connectivity index (χ4v) is 4.71. The van der Waals surface area contributed by atoms with E-state index in [1.807, 2.05) is 30.3 Å². The molecule has 2 atom stereocenters. The second-order valence-electron chi connectivity index (χ2n) is 8.12. The minimum atomic E-state index is -2.81. The first kappa shape index (κ1) is 17.5. The predicted molar refractivity (Wildman–Crippen MR) is 101 cm³/mol. The number of ether oxygens (including phenoxy) is 1. The molecular weight excluding hydrogens is 334 g/mol. The highest BCUT2D eigenvalue weighted by Gasteiger charge is 2.40. The maximum absolute atomic E-state index is 12.8. The Morgan fingerprint density at radius 1 is 1.08 bits per heavy atom. The lowest BCUT2D eigenvalue weighted by Crippen LogP contribution is -2.67. The van der Waals surface area contributed by atoms with Gasteiger partial charge < -0.3 is 15.0 Å². The van der Waals surface area contributed by atoms with Crippen molar-refractivity contribution < 1.29 is 13.5 Å². The Balaban J connectivity index is 1.80. The minimum Gasteiger partial charge on any atom is -0.434 e. The van der Waals surface area contributed by atoms with Gasteiger partial charge in [-0.25, -0.2) is 0 Å². The van der Waals surface area contributed by atoms with Crippen molar-refractivity contribution >= 4 is 16.5 Å². The van der Waals surface area contributed by atoms with E-state index in [9.17, 15) is 8.78 Å². The van der Waals surface area contributed by atoms with Crippen molar-refractivity contribution in [2.75, 3.05) is 11.4 Å². The molecule has 2 aromatic carbocycles. The minimum absolute atomic E-state index is 0.0117. The van der Waals surface area contributed by atoms with Crippen LogP contribution in [-0.2, 0) is 0 Å². The van der Waals surface area contributed by atoms with Crippen LogP contribution in [0.25, 0.3) is 10.8 Å². The van der Waals surface area contributed by atoms with E-state index in [4.69, 9.17) is 4.74 Å². The molecule has 140 valence electrons. The number of nitrogens with zero attached hydrogens (tertiary/aromatic N) is 1. The molecule has 0 unspecified atom stereocenters. The van der Waals surface area contributed by atoms with Gasteiger partial charge in [0.05, 0.1) is 0 Å². The average molecular weight is 360 g/mol. The van der Waals surface area contributed by atoms with E-state index in [2.05, 4.69) is 24.1 Å². The van der Waals surface area contributed by atoms with Gasteiger partial charge in [-0.1, -0.05) is 37.1 Å². The van der Waals surface area contributed by atoms with E-state index in [0.717, 1.165) is 29.4 Å². The maximum atomic E-state index is 12.8. The normalized spacial score (nSPS) is 25.3. The summed E-state index contributed by atoms with van der Waals surface area (Å²) >= 11 is 0. The van der Waals surface area contributed by atoms with E-state index in [-0.39, 0.29) is 11.3 Å². The third kappa shape index (κ3) is 3.25. The van der Waals surface area contributed by atoms with Gasteiger partial charge in [0.2, 0.25) is 0 Å². The Morgan fingerprint density at radius 2 is 1.81 bits per heavy atom. The van der Waals surface area contributed by atoms with Gasteiger partial charge in [-0.2, -0.15) is 8.78 Å². The predicted octanol–water partition coefficient (Wildman–Crippen LogP) is 4.94. The monoisotopic (exact) mass is 360 g/mol. The third-order valence-electron chi connectivity index (χ3n) is 5.66. The van der Waals surface area contributed by atoms with Gasteiger partial charge in [0.15, 0.2) is 0 Å². The van der Waals surface area contributed by atoms with Crippen molar-refractivity contribution in [2.24, 2.45) is 0 Å². The van der Waals surface area contributed by atoms with Gasteiger partial charge in [-0.3, -0.25) is 0 Å². The van der Waals surface area contributed by atoms with Gasteiger partial charge in [0, 0.05) is 40.6 Å². The van der Waals surface area contributed by atoms with E-state index >= 15 is 0 Å². The quantitative estimate of drug-likeness (QED) is 0.839. The lowest BCUT2D eigenvalue weighted by molar-refractivity contribution is -0.0487. The topological polar surface area (TPSA) is 24.5 Å². The fourth-order valence-electron chi connectivity index (χ4n) is 4.71. The van der Waals surface area contributed by atoms with Gasteiger partial charge in [-0.15, -0.1) is 0 Å². The Kier molecular flexibility index (Phi) is 4.51. The number of halogens is 2. The highest BCUT2D eigenvalue weighted by molar-refractivity contribution is 5.98. The van der Waals surface area contributed by atoms with Crippen LogP contribution in [0.4, 0.5) is 14.5 Å². The fraction of sp³-hybridized carbons (Fsp3) is 0.524. The van der Waals surface area contributed by atoms with Gasteiger partial charge in [0.25, 0.3) is 0 Å². The van der Waals surface area contributed by atoms with Crippen LogP contribution < -0.4 is 15.0 Å². The van der Waals surface area contributed by atoms with Crippen LogP contribution in [0.15, 0.2) is 36.4 Å². The number of fused-ring (bicyclic) bond motifs is 2. The average Bonchev–Trinajstić information content (AvgIpc) is 2.60. The van der Waals surface area contributed by atoms with Crippen LogP contribution in [0, 0.1) is 0 Å². The maximum Gasteiger partial charge on any atom is 0.387 e. The van der Waals surface area contributed by atoms with Crippen LogP contribution in [0.5, 0.6) is 5.75 Å². The van der Waals surface area contributed by atoms with Crippen molar-refractivity contribution in [1.29, 1.82) is 0 Å². The molecule has 0 bridgehead atoms. The first-order valence-electron chi connectivity index (χ1n) is 9.45. The summed E-state index contributed by atoms with van der Waals surface area (Å²) in [5, 5.41) is 5.54. The summed E-state index contributed by atoms with van der Waals surface area (Å²) in [7, 11) is 0. The van der Waals surface area contributed by atoms with Crippen molar-refractivity contribution in [2.45, 2.75) is 63.8 Å². The molecule has 1 saturated carbocycles. The summed E-state index contributed by atoms with van der Waals surface area (Å²) in [6.07, 6.45) is 4.86. The summed E-state index contributed by atoms with van der Waals surface area (Å²) in [4.78, 5) is 2.49. The summed E-state index contributed by atoms with van der Waals surface area (Å²) in [5.41, 5.74) is 1.13. The third-order valence-corrected chi connectivity index (χ3v) is 5.66. The first-order chi connectivity index (χ1) is 12.4. The number of hydrogen-bond acceptors (Lipinski definition) is 3. The van der Waals surface area contributed by atoms with Gasteiger partial charge >= 0.3 is 6.61 Å². The number of rotatable bonds is 3. The van der Waals surface area contributed by atoms with Crippen molar-refractivity contribution in [3.8, 4) is 5.75 Å². The van der Waals surface area contributed by atoms with E-state index in [0.29, 0.717) is 12.1 Å². The Bertz CT molecular complexity index is 793. The van der Waals surface area contributed by atoms with Crippen LogP contribution >= 0.6 is 0 Å². The van der Waals surface area contributed by atoms with Crippen LogP contribution in [0.3, 0.4) is 0 Å². The molecule has 0 amide bonds. The number of nitrogens with one attached hydrogen (secondary N) is 1. The molecule has 5 heteroatoms. The second kappa shape index (κ2) is 6.69. The van der Waals surface area contributed by atoms with E-state index in [1.165, 1.54) is 19.3 Å². The molecule has 2 aromatic rings. The summed E-state index contributed by atoms with van der Waals surface area (Å²) in [5.74, 6) is 0.244. The Labute approximate surface area is 153 Å². The van der Waals surface area contributed by atoms with Gasteiger partial charge in [0.1, 0.15) is 5.75 Å². The molecule has 0 radical (unpaired) electrons. The molecule has 2 aliphatic rings. The first-order valence-corrected chi connectivity index (χ1v) is 9.45. The zero-order chi connectivity index (χ0) is 18.3. The molecule has 1 heterocycles. The molecule has 0 aromatic heterocycles. The number of alkyl halides is 2. The Hall–Kier alpha value is -1.88. The number of anilines is 1. The van der Waals surface area contributed by atoms with E-state index in [1.54, 1.807) is 6.07 Å². The van der Waals surface area contributed by atoms with Crippen LogP contribution in [0.2, 0.25) is 0 Å². The van der Waals surface area contributed by atoms with Crippen LogP contribution in [-0.4, -0.2) is 30.8 Å². The smallest absolute Gasteiger partial charge is 0.387 e. The molecule has 26 heavy (non-hydrogen) atoms. The molecule has 1 saturated heterocycles. The van der Waals surface area contributed by atoms with Crippen molar-refractivity contribution in [3.63, 3.8) is 0 Å². The Morgan fingerprint density at radius 3 is 2.58 bits per heavy atom. The number of hydrogen-bond donors (Lipinski definition) is 1. The molecule has 1 aliphatic heterocycles. The highest BCUT2D eigenvalue weighted by Crippen LogP contribution is 2.39. The highest BCUT2D eigenvalue weighted by atomic mass is 19.3. The zero-order valence-electron chi connectivity index (χ0n) is 15.3. The number of benzene rings is 2. The lowest BCUT2D eigenvalue weighted by atomic mass is 9.83. The van der Waals surface area contributed by atoms with Crippen molar-refractivity contribution in [1.82, 2.24) is 5.32 Å². The summed E-state index contributed by atoms with van der Waals surface area (Å²) in [6.45, 7) is 2.56. The zero-order valence-corrected chi connectivity index (χ0v) is 15.3. The standard InChI is InChI=1S/C21H26F2N2O/c1-21(2)13-25(18-10-6-5-9-16(18)24-21)17-11-12-19(26-20(22)23)15-8-4-3-7-14(15)17/h3-4,7-8,11-12,16,18,20,24H,5-6,9-10,13H2,1-2H3/t16-,18-/m1/s1. The second-order valence-corrected chi connectivity index (χ2v) is 8.12. The molecule has 1 aliphatic carbocycles. The molecule has 1 N–H and O–H groups in total. The summed E-state index contributed by atoms with van der Waals surface area (Å²) < 4.78 is 30.3. The lowest BCUT2D eigenvalue weighted by Gasteiger charge is -2.52. The molecule has 4 rings (SSSR count).